The summed E-state index contributed by atoms with van der Waals surface area (Å²) in [7, 11) is 2.11. The van der Waals surface area contributed by atoms with E-state index in [1.54, 1.807) is 0 Å². The summed E-state index contributed by atoms with van der Waals surface area (Å²) >= 11 is 0. The molecule has 1 aromatic rings. The molecule has 3 nitrogen and oxygen atoms in total. The number of fused-ring (bicyclic) bond motifs is 1. The minimum atomic E-state index is 0.0869. The molecule has 0 aromatic heterocycles. The van der Waals surface area contributed by atoms with Crippen molar-refractivity contribution in [2.75, 3.05) is 20.2 Å². The second-order valence-electron chi connectivity index (χ2n) is 4.24. The molecule has 82 valence electrons. The van der Waals surface area contributed by atoms with Gasteiger partial charge in [-0.1, -0.05) is 6.07 Å². The average Bonchev–Trinajstić information content (AvgIpc) is 2.37. The van der Waals surface area contributed by atoms with Crippen molar-refractivity contribution < 1.29 is 4.74 Å². The first kappa shape index (κ1) is 10.5. The molecule has 2 rings (SSSR count). The van der Waals surface area contributed by atoms with Crippen molar-refractivity contribution in [1.82, 2.24) is 4.90 Å². The summed E-state index contributed by atoms with van der Waals surface area (Å²) in [6.07, 6.45) is 0. The quantitative estimate of drug-likeness (QED) is 0.757. The molecule has 1 aliphatic rings. The first-order valence-electron chi connectivity index (χ1n) is 5.36. The first-order valence-corrected chi connectivity index (χ1v) is 5.36. The Labute approximate surface area is 90.8 Å². The number of likely N-dealkylation sites (N-methyl/N-ethyl adjacent to an activating group) is 1. The Kier molecular flexibility index (Phi) is 2.93. The Balaban J connectivity index is 2.33. The lowest BCUT2D eigenvalue weighted by Gasteiger charge is -2.13. The molecule has 1 heterocycles. The summed E-state index contributed by atoms with van der Waals surface area (Å²) < 4.78 is 5.67. The van der Waals surface area contributed by atoms with Crippen molar-refractivity contribution in [3.05, 3.63) is 29.3 Å². The van der Waals surface area contributed by atoms with E-state index in [4.69, 9.17) is 10.5 Å². The Bertz CT molecular complexity index is 349. The summed E-state index contributed by atoms with van der Waals surface area (Å²) in [6, 6.07) is 6.33. The fourth-order valence-electron chi connectivity index (χ4n) is 1.83. The molecule has 1 atom stereocenters. The molecule has 3 heteroatoms. The van der Waals surface area contributed by atoms with E-state index >= 15 is 0 Å². The minimum absolute atomic E-state index is 0.0869. The third-order valence-corrected chi connectivity index (χ3v) is 2.78. The van der Waals surface area contributed by atoms with Crippen molar-refractivity contribution >= 4 is 0 Å². The monoisotopic (exact) mass is 206 g/mol. The SMILES string of the molecule is C[C@H](N)c1ccc2c(c1)CN(C)CCO2. The maximum atomic E-state index is 5.87. The van der Waals surface area contributed by atoms with E-state index in [1.807, 2.05) is 13.0 Å². The maximum absolute atomic E-state index is 5.87. The Morgan fingerprint density at radius 1 is 1.47 bits per heavy atom. The highest BCUT2D eigenvalue weighted by atomic mass is 16.5. The molecule has 0 saturated carbocycles. The molecule has 0 saturated heterocycles. The van der Waals surface area contributed by atoms with Gasteiger partial charge in [-0.25, -0.2) is 0 Å². The van der Waals surface area contributed by atoms with Gasteiger partial charge in [-0.05, 0) is 31.7 Å². The molecule has 1 aliphatic heterocycles. The molecular formula is C12H18N2O. The zero-order valence-corrected chi connectivity index (χ0v) is 9.36. The van der Waals surface area contributed by atoms with Crippen LogP contribution in [0.25, 0.3) is 0 Å². The summed E-state index contributed by atoms with van der Waals surface area (Å²) in [5.41, 5.74) is 8.28. The van der Waals surface area contributed by atoms with Crippen molar-refractivity contribution in [3.8, 4) is 5.75 Å². The summed E-state index contributed by atoms with van der Waals surface area (Å²) in [6.45, 7) is 4.68. The lowest BCUT2D eigenvalue weighted by atomic mass is 10.0. The van der Waals surface area contributed by atoms with E-state index in [-0.39, 0.29) is 6.04 Å². The molecule has 0 radical (unpaired) electrons. The third-order valence-electron chi connectivity index (χ3n) is 2.78. The van der Waals surface area contributed by atoms with Gasteiger partial charge < -0.3 is 10.5 Å². The molecule has 2 N–H and O–H groups in total. The van der Waals surface area contributed by atoms with Crippen molar-refractivity contribution in [2.24, 2.45) is 5.73 Å². The van der Waals surface area contributed by atoms with Crippen molar-refractivity contribution in [3.63, 3.8) is 0 Å². The highest BCUT2D eigenvalue weighted by molar-refractivity contribution is 5.38. The Hall–Kier alpha value is -1.06. The second kappa shape index (κ2) is 4.21. The zero-order valence-electron chi connectivity index (χ0n) is 9.36. The molecule has 0 unspecified atom stereocenters. The van der Waals surface area contributed by atoms with Crippen LogP contribution in [0.5, 0.6) is 5.75 Å². The maximum Gasteiger partial charge on any atom is 0.123 e. The molecule has 0 fully saturated rings. The van der Waals surface area contributed by atoms with Crippen LogP contribution >= 0.6 is 0 Å². The van der Waals surface area contributed by atoms with Gasteiger partial charge in [0, 0.05) is 24.7 Å². The van der Waals surface area contributed by atoms with Gasteiger partial charge in [0.05, 0.1) is 0 Å². The summed E-state index contributed by atoms with van der Waals surface area (Å²) in [5.74, 6) is 1.00. The van der Waals surface area contributed by atoms with E-state index < -0.39 is 0 Å². The van der Waals surface area contributed by atoms with Crippen LogP contribution in [0.1, 0.15) is 24.1 Å². The number of hydrogen-bond acceptors (Lipinski definition) is 3. The molecule has 1 aromatic carbocycles. The molecule has 0 aliphatic carbocycles. The fraction of sp³-hybridized carbons (Fsp3) is 0.500. The molecular weight excluding hydrogens is 188 g/mol. The normalized spacial score (nSPS) is 18.9. The topological polar surface area (TPSA) is 38.5 Å². The van der Waals surface area contributed by atoms with E-state index in [2.05, 4.69) is 24.1 Å². The largest absolute Gasteiger partial charge is 0.492 e. The molecule has 15 heavy (non-hydrogen) atoms. The van der Waals surface area contributed by atoms with Gasteiger partial charge in [0.15, 0.2) is 0 Å². The van der Waals surface area contributed by atoms with Crippen LogP contribution in [0.2, 0.25) is 0 Å². The lowest BCUT2D eigenvalue weighted by molar-refractivity contribution is 0.259. The summed E-state index contributed by atoms with van der Waals surface area (Å²) in [5, 5.41) is 0. The van der Waals surface area contributed by atoms with Crippen molar-refractivity contribution in [1.29, 1.82) is 0 Å². The zero-order chi connectivity index (χ0) is 10.8. The van der Waals surface area contributed by atoms with Crippen LogP contribution in [0.3, 0.4) is 0 Å². The molecule has 0 bridgehead atoms. The van der Waals surface area contributed by atoms with Crippen LogP contribution in [-0.2, 0) is 6.54 Å². The number of benzene rings is 1. The number of ether oxygens (including phenoxy) is 1. The third kappa shape index (κ3) is 2.30. The van der Waals surface area contributed by atoms with Crippen LogP contribution in [-0.4, -0.2) is 25.1 Å². The van der Waals surface area contributed by atoms with E-state index in [1.165, 1.54) is 11.1 Å². The molecule has 0 amide bonds. The van der Waals surface area contributed by atoms with Gasteiger partial charge in [-0.3, -0.25) is 4.90 Å². The first-order chi connectivity index (χ1) is 7.16. The smallest absolute Gasteiger partial charge is 0.123 e. The number of nitrogens with zero attached hydrogens (tertiary/aromatic N) is 1. The Morgan fingerprint density at radius 2 is 2.27 bits per heavy atom. The number of rotatable bonds is 1. The Morgan fingerprint density at radius 3 is 3.00 bits per heavy atom. The summed E-state index contributed by atoms with van der Waals surface area (Å²) in [4.78, 5) is 2.26. The van der Waals surface area contributed by atoms with Crippen LogP contribution in [0.4, 0.5) is 0 Å². The van der Waals surface area contributed by atoms with Gasteiger partial charge in [-0.15, -0.1) is 0 Å². The fourth-order valence-corrected chi connectivity index (χ4v) is 1.83. The van der Waals surface area contributed by atoms with E-state index in [0.29, 0.717) is 0 Å². The van der Waals surface area contributed by atoms with Gasteiger partial charge in [0.25, 0.3) is 0 Å². The highest BCUT2D eigenvalue weighted by Crippen LogP contribution is 2.25. The molecule has 0 spiro atoms. The van der Waals surface area contributed by atoms with E-state index in [0.717, 1.165) is 25.4 Å². The average molecular weight is 206 g/mol. The van der Waals surface area contributed by atoms with Gasteiger partial charge >= 0.3 is 0 Å². The van der Waals surface area contributed by atoms with E-state index in [9.17, 15) is 0 Å². The van der Waals surface area contributed by atoms with Crippen molar-refractivity contribution in [2.45, 2.75) is 19.5 Å². The predicted octanol–water partition coefficient (Wildman–Crippen LogP) is 1.53. The number of nitrogens with two attached hydrogens (primary N) is 1. The van der Waals surface area contributed by atoms with Crippen LogP contribution in [0, 0.1) is 0 Å². The van der Waals surface area contributed by atoms with Crippen LogP contribution in [0.15, 0.2) is 18.2 Å². The van der Waals surface area contributed by atoms with Crippen LogP contribution < -0.4 is 10.5 Å². The predicted molar refractivity (Wildman–Crippen MR) is 60.9 cm³/mol. The highest BCUT2D eigenvalue weighted by Gasteiger charge is 2.13. The minimum Gasteiger partial charge on any atom is -0.492 e. The van der Waals surface area contributed by atoms with Gasteiger partial charge in [-0.2, -0.15) is 0 Å². The standard InChI is InChI=1S/C12H18N2O/c1-9(13)10-3-4-12-11(7-10)8-14(2)5-6-15-12/h3-4,7,9H,5-6,8,13H2,1-2H3/t9-/m0/s1. The number of hydrogen-bond donors (Lipinski definition) is 1. The van der Waals surface area contributed by atoms with Gasteiger partial charge in [0.1, 0.15) is 12.4 Å². The lowest BCUT2D eigenvalue weighted by Crippen LogP contribution is -2.20. The van der Waals surface area contributed by atoms with Gasteiger partial charge in [0.2, 0.25) is 0 Å². The second-order valence-corrected chi connectivity index (χ2v) is 4.24.